The first-order chi connectivity index (χ1) is 16.0. The summed E-state index contributed by atoms with van der Waals surface area (Å²) in [6, 6.07) is 7.41. The van der Waals surface area contributed by atoms with Crippen LogP contribution in [-0.2, 0) is 16.1 Å². The monoisotopic (exact) mass is 487 g/mol. The van der Waals surface area contributed by atoms with Crippen molar-refractivity contribution in [1.29, 1.82) is 0 Å². The zero-order valence-corrected chi connectivity index (χ0v) is 22.5. The number of carbonyl (C=O) groups is 2. The number of nitrogens with one attached hydrogen (secondary N) is 1. The van der Waals surface area contributed by atoms with Crippen molar-refractivity contribution in [3.8, 4) is 10.4 Å². The summed E-state index contributed by atoms with van der Waals surface area (Å²) < 4.78 is 0. The van der Waals surface area contributed by atoms with Crippen LogP contribution in [0.3, 0.4) is 0 Å². The van der Waals surface area contributed by atoms with E-state index in [9.17, 15) is 14.7 Å². The lowest BCUT2D eigenvalue weighted by Gasteiger charge is -2.32. The molecule has 6 nitrogen and oxygen atoms in total. The van der Waals surface area contributed by atoms with E-state index in [2.05, 4.69) is 24.1 Å². The first kappa shape index (κ1) is 28.0. The van der Waals surface area contributed by atoms with Gasteiger partial charge in [-0.15, -0.1) is 11.3 Å². The van der Waals surface area contributed by atoms with Gasteiger partial charge in [-0.1, -0.05) is 78.6 Å². The number of carbonyl (C=O) groups excluding carboxylic acids is 2. The summed E-state index contributed by atoms with van der Waals surface area (Å²) in [5.74, 6) is -0.535. The molecule has 1 aromatic carbocycles. The second-order valence-corrected chi connectivity index (χ2v) is 11.0. The van der Waals surface area contributed by atoms with Crippen molar-refractivity contribution in [3.05, 3.63) is 41.0 Å². The zero-order valence-electron chi connectivity index (χ0n) is 21.7. The molecule has 3 rings (SSSR count). The summed E-state index contributed by atoms with van der Waals surface area (Å²) in [7, 11) is 0. The molecule has 1 aliphatic heterocycles. The maximum atomic E-state index is 12.9. The molecule has 2 heterocycles. The van der Waals surface area contributed by atoms with Gasteiger partial charge in [0.05, 0.1) is 22.2 Å². The fraction of sp³-hybridized carbons (Fsp3) is 0.593. The van der Waals surface area contributed by atoms with Gasteiger partial charge in [-0.05, 0) is 23.5 Å². The minimum Gasteiger partial charge on any atom is -0.391 e. The van der Waals surface area contributed by atoms with Gasteiger partial charge in [0.1, 0.15) is 6.04 Å². The summed E-state index contributed by atoms with van der Waals surface area (Å²) in [5, 5.41) is 13.0. The van der Waals surface area contributed by atoms with Crippen molar-refractivity contribution < 1.29 is 14.7 Å². The summed E-state index contributed by atoms with van der Waals surface area (Å²) >= 11 is 1.61. The number of rotatable bonds is 6. The average molecular weight is 488 g/mol. The number of hydrogen-bond acceptors (Lipinski definition) is 5. The molecule has 1 saturated heterocycles. The lowest BCUT2D eigenvalue weighted by atomic mass is 9.81. The molecule has 1 fully saturated rings. The minimum absolute atomic E-state index is 0.0801. The molecule has 1 unspecified atom stereocenters. The highest BCUT2D eigenvalue weighted by Crippen LogP contribution is 2.30. The van der Waals surface area contributed by atoms with Gasteiger partial charge in [-0.2, -0.15) is 0 Å². The van der Waals surface area contributed by atoms with Gasteiger partial charge in [0.25, 0.3) is 0 Å². The smallest absolute Gasteiger partial charge is 0.243 e. The van der Waals surface area contributed by atoms with Crippen LogP contribution in [0, 0.1) is 18.3 Å². The van der Waals surface area contributed by atoms with Gasteiger partial charge in [-0.25, -0.2) is 4.98 Å². The molecule has 7 heteroatoms. The van der Waals surface area contributed by atoms with Gasteiger partial charge in [-0.3, -0.25) is 9.59 Å². The molecule has 2 aromatic rings. The molecule has 34 heavy (non-hydrogen) atoms. The number of hydrogen-bond donors (Lipinski definition) is 2. The van der Waals surface area contributed by atoms with Crippen LogP contribution in [-0.4, -0.2) is 45.5 Å². The molecule has 2 amide bonds. The topological polar surface area (TPSA) is 82.5 Å². The van der Waals surface area contributed by atoms with E-state index in [1.165, 1.54) is 12.8 Å². The Balaban J connectivity index is 0.000000945. The van der Waals surface area contributed by atoms with Crippen LogP contribution in [0.1, 0.15) is 72.1 Å². The normalized spacial score (nSPS) is 18.8. The van der Waals surface area contributed by atoms with Crippen LogP contribution < -0.4 is 5.32 Å². The van der Waals surface area contributed by atoms with E-state index in [0.29, 0.717) is 6.54 Å². The van der Waals surface area contributed by atoms with Gasteiger partial charge in [0, 0.05) is 25.4 Å². The van der Waals surface area contributed by atoms with Crippen molar-refractivity contribution in [1.82, 2.24) is 15.2 Å². The van der Waals surface area contributed by atoms with Crippen LogP contribution in [0.25, 0.3) is 10.4 Å². The van der Waals surface area contributed by atoms with Crippen LogP contribution in [0.2, 0.25) is 0 Å². The first-order valence-electron chi connectivity index (χ1n) is 12.2. The van der Waals surface area contributed by atoms with Gasteiger partial charge in [0.15, 0.2) is 0 Å². The number of unbranched alkanes of at least 4 members (excludes halogenated alkanes) is 1. The molecular formula is C27H41N3O3S. The third-order valence-electron chi connectivity index (χ3n) is 6.46. The molecule has 2 N–H and O–H groups in total. The van der Waals surface area contributed by atoms with Crippen LogP contribution in [0.4, 0.5) is 0 Å². The Bertz CT molecular complexity index is 931. The maximum absolute atomic E-state index is 12.9. The number of nitrogens with zero attached hydrogens (tertiary/aromatic N) is 2. The Labute approximate surface area is 208 Å². The number of aromatic nitrogens is 1. The Morgan fingerprint density at radius 3 is 2.32 bits per heavy atom. The van der Waals surface area contributed by atoms with Crippen molar-refractivity contribution in [2.75, 3.05) is 6.54 Å². The number of amides is 2. The van der Waals surface area contributed by atoms with E-state index in [4.69, 9.17) is 0 Å². The van der Waals surface area contributed by atoms with Crippen LogP contribution >= 0.6 is 11.3 Å². The van der Waals surface area contributed by atoms with Gasteiger partial charge in [0.2, 0.25) is 11.8 Å². The molecule has 0 bridgehead atoms. The lowest BCUT2D eigenvalue weighted by molar-refractivity contribution is -0.144. The maximum Gasteiger partial charge on any atom is 0.243 e. The Morgan fingerprint density at radius 2 is 1.82 bits per heavy atom. The Hall–Kier alpha value is -2.25. The predicted octanol–water partition coefficient (Wildman–Crippen LogP) is 5.19. The molecule has 188 valence electrons. The van der Waals surface area contributed by atoms with E-state index < -0.39 is 12.1 Å². The second-order valence-electron chi connectivity index (χ2n) is 10.2. The molecule has 0 aliphatic carbocycles. The zero-order chi connectivity index (χ0) is 25.5. The first-order valence-corrected chi connectivity index (χ1v) is 13.1. The van der Waals surface area contributed by atoms with Crippen LogP contribution in [0.5, 0.6) is 0 Å². The summed E-state index contributed by atoms with van der Waals surface area (Å²) in [5.41, 5.74) is 4.73. The number of thiazole rings is 1. The second kappa shape index (κ2) is 12.5. The highest BCUT2D eigenvalue weighted by Gasteiger charge is 2.42. The number of aryl methyl sites for hydroxylation is 1. The fourth-order valence-corrected chi connectivity index (χ4v) is 4.40. The van der Waals surface area contributed by atoms with E-state index in [-0.39, 0.29) is 36.1 Å². The molecule has 1 aliphatic rings. The fourth-order valence-electron chi connectivity index (χ4n) is 3.58. The minimum atomic E-state index is -0.668. The predicted molar refractivity (Wildman–Crippen MR) is 139 cm³/mol. The molecular weight excluding hydrogens is 446 g/mol. The van der Waals surface area contributed by atoms with Gasteiger partial charge >= 0.3 is 0 Å². The molecule has 0 radical (unpaired) electrons. The van der Waals surface area contributed by atoms with Gasteiger partial charge < -0.3 is 15.3 Å². The number of likely N-dealkylation sites (tertiary alicyclic amines) is 1. The molecule has 3 atom stereocenters. The third kappa shape index (κ3) is 7.37. The van der Waals surface area contributed by atoms with E-state index >= 15 is 0 Å². The molecule has 0 spiro atoms. The Morgan fingerprint density at radius 1 is 1.21 bits per heavy atom. The van der Waals surface area contributed by atoms with Crippen molar-refractivity contribution in [2.45, 2.75) is 86.4 Å². The van der Waals surface area contributed by atoms with Crippen LogP contribution in [0.15, 0.2) is 29.8 Å². The van der Waals surface area contributed by atoms with Crippen molar-refractivity contribution >= 4 is 23.2 Å². The highest BCUT2D eigenvalue weighted by molar-refractivity contribution is 7.13. The third-order valence-corrected chi connectivity index (χ3v) is 7.44. The van der Waals surface area contributed by atoms with Crippen molar-refractivity contribution in [3.63, 3.8) is 0 Å². The van der Waals surface area contributed by atoms with E-state index in [1.807, 2.05) is 64.4 Å². The highest BCUT2D eigenvalue weighted by atomic mass is 32.1. The van der Waals surface area contributed by atoms with Crippen molar-refractivity contribution in [2.24, 2.45) is 11.3 Å². The average Bonchev–Trinajstić information content (AvgIpc) is 3.41. The lowest BCUT2D eigenvalue weighted by Crippen LogP contribution is -2.49. The van der Waals surface area contributed by atoms with E-state index in [1.54, 1.807) is 16.2 Å². The number of aliphatic hydroxyl groups is 1. The summed E-state index contributed by atoms with van der Waals surface area (Å²) in [6.07, 6.45) is 2.25. The summed E-state index contributed by atoms with van der Waals surface area (Å²) in [4.78, 5) is 32.7. The quantitative estimate of drug-likeness (QED) is 0.588. The molecule has 0 saturated carbocycles. The summed E-state index contributed by atoms with van der Waals surface area (Å²) in [6.45, 7) is 14.8. The Kier molecular flexibility index (Phi) is 10.3. The van der Waals surface area contributed by atoms with E-state index in [0.717, 1.165) is 21.7 Å². The molecule has 1 aromatic heterocycles. The standard InChI is InChI=1S/C23H31N3O3S.C4H10/c1-14(23(3,4)5)22(29)26-12-18(27)10-19(26)21(28)24-11-16-6-8-17(9-7-16)20-15(2)25-13-30-20;1-3-4-2/h6-9,13-14,18-19,27H,10-12H2,1-5H3,(H,24,28);3-4H2,1-2H3/t14?,18-,19+;/m1./s1. The number of β-amino-alcohol motifs (C(OH)–C–C–N with tert-alkyl or cyclic N) is 1. The number of benzene rings is 1. The SMILES string of the molecule is CCCC.Cc1ncsc1-c1ccc(CNC(=O)[C@@H]2C[C@@H](O)CN2C(=O)C(C)C(C)(C)C)cc1. The number of aliphatic hydroxyl groups excluding tert-OH is 1. The largest absolute Gasteiger partial charge is 0.391 e.